The molecule has 17 heavy (non-hydrogen) atoms. The molecule has 1 saturated heterocycles. The maximum absolute atomic E-state index is 4.44. The first-order chi connectivity index (χ1) is 8.42. The molecular formula is C14H21N3. The highest BCUT2D eigenvalue weighted by molar-refractivity contribution is 5.54. The summed E-state index contributed by atoms with van der Waals surface area (Å²) >= 11 is 0. The van der Waals surface area contributed by atoms with Crippen LogP contribution in [0.4, 0.5) is 11.5 Å². The highest BCUT2D eigenvalue weighted by atomic mass is 15.1. The molecule has 2 heterocycles. The fraction of sp³-hybridized carbons (Fsp3) is 0.643. The Hall–Kier alpha value is -1.25. The Bertz CT molecular complexity index is 365. The summed E-state index contributed by atoms with van der Waals surface area (Å²) in [7, 11) is 0. The number of hydrogen-bond acceptors (Lipinski definition) is 3. The van der Waals surface area contributed by atoms with Crippen LogP contribution in [0.25, 0.3) is 0 Å². The van der Waals surface area contributed by atoms with Crippen LogP contribution in [0.3, 0.4) is 0 Å². The molecule has 0 radical (unpaired) electrons. The third-order valence-corrected chi connectivity index (χ3v) is 3.92. The molecule has 0 amide bonds. The summed E-state index contributed by atoms with van der Waals surface area (Å²) in [4.78, 5) is 6.90. The van der Waals surface area contributed by atoms with Crippen LogP contribution < -0.4 is 10.2 Å². The number of nitrogens with zero attached hydrogens (tertiary/aromatic N) is 2. The lowest BCUT2D eigenvalue weighted by molar-refractivity contribution is 0.750. The highest BCUT2D eigenvalue weighted by Gasteiger charge is 2.16. The minimum Gasteiger partial charge on any atom is -0.371 e. The van der Waals surface area contributed by atoms with Gasteiger partial charge in [0.1, 0.15) is 5.82 Å². The van der Waals surface area contributed by atoms with Gasteiger partial charge in [0.25, 0.3) is 0 Å². The van der Waals surface area contributed by atoms with Gasteiger partial charge in [0.15, 0.2) is 0 Å². The van der Waals surface area contributed by atoms with E-state index < -0.39 is 0 Å². The fourth-order valence-corrected chi connectivity index (χ4v) is 2.95. The van der Waals surface area contributed by atoms with Gasteiger partial charge in [-0.25, -0.2) is 4.98 Å². The van der Waals surface area contributed by atoms with E-state index in [0.717, 1.165) is 5.82 Å². The maximum Gasteiger partial charge on any atom is 0.128 e. The second-order valence-corrected chi connectivity index (χ2v) is 5.22. The molecule has 0 unspecified atom stereocenters. The molecule has 0 spiro atoms. The largest absolute Gasteiger partial charge is 0.371 e. The molecule has 0 bridgehead atoms. The summed E-state index contributed by atoms with van der Waals surface area (Å²) in [5.74, 6) is 1.06. The van der Waals surface area contributed by atoms with Crippen LogP contribution in [-0.4, -0.2) is 24.1 Å². The summed E-state index contributed by atoms with van der Waals surface area (Å²) < 4.78 is 0. The molecule has 1 N–H and O–H groups in total. The second kappa shape index (κ2) is 4.94. The summed E-state index contributed by atoms with van der Waals surface area (Å²) in [6, 6.07) is 4.99. The van der Waals surface area contributed by atoms with E-state index in [2.05, 4.69) is 27.3 Å². The standard InChI is InChI=1S/C14H21N3/c1-2-6-12(5-1)16-14-11-13(7-8-15-14)17-9-3-4-10-17/h7-8,11-12H,1-6,9-10H2,(H,15,16). The second-order valence-electron chi connectivity index (χ2n) is 5.22. The lowest BCUT2D eigenvalue weighted by Gasteiger charge is -2.19. The van der Waals surface area contributed by atoms with E-state index in [1.807, 2.05) is 6.20 Å². The Balaban J connectivity index is 1.69. The number of hydrogen-bond donors (Lipinski definition) is 1. The molecule has 3 nitrogen and oxygen atoms in total. The summed E-state index contributed by atoms with van der Waals surface area (Å²) in [6.45, 7) is 2.40. The van der Waals surface area contributed by atoms with E-state index in [1.54, 1.807) is 0 Å². The molecule has 0 atom stereocenters. The Labute approximate surface area is 103 Å². The van der Waals surface area contributed by atoms with E-state index in [0.29, 0.717) is 6.04 Å². The first-order valence-corrected chi connectivity index (χ1v) is 6.89. The minimum absolute atomic E-state index is 0.649. The van der Waals surface area contributed by atoms with Crippen LogP contribution >= 0.6 is 0 Å². The summed E-state index contributed by atoms with van der Waals surface area (Å²) in [6.07, 6.45) is 9.92. The van der Waals surface area contributed by atoms with Crippen molar-refractivity contribution in [2.24, 2.45) is 0 Å². The Morgan fingerprint density at radius 2 is 1.88 bits per heavy atom. The summed E-state index contributed by atoms with van der Waals surface area (Å²) in [5, 5.41) is 3.57. The highest BCUT2D eigenvalue weighted by Crippen LogP contribution is 2.25. The molecule has 2 aliphatic rings. The third kappa shape index (κ3) is 2.54. The van der Waals surface area contributed by atoms with Gasteiger partial charge in [0.2, 0.25) is 0 Å². The van der Waals surface area contributed by atoms with Gasteiger partial charge in [-0.2, -0.15) is 0 Å². The molecule has 1 aliphatic carbocycles. The van der Waals surface area contributed by atoms with Gasteiger partial charge in [-0.3, -0.25) is 0 Å². The van der Waals surface area contributed by atoms with E-state index >= 15 is 0 Å². The van der Waals surface area contributed by atoms with Crippen molar-refractivity contribution < 1.29 is 0 Å². The first-order valence-electron chi connectivity index (χ1n) is 6.89. The van der Waals surface area contributed by atoms with E-state index in [1.165, 1.54) is 57.3 Å². The molecule has 3 heteroatoms. The van der Waals surface area contributed by atoms with E-state index in [4.69, 9.17) is 0 Å². The van der Waals surface area contributed by atoms with E-state index in [9.17, 15) is 0 Å². The van der Waals surface area contributed by atoms with Crippen molar-refractivity contribution in [2.45, 2.75) is 44.6 Å². The van der Waals surface area contributed by atoms with Gasteiger partial charge in [-0.15, -0.1) is 0 Å². The zero-order valence-corrected chi connectivity index (χ0v) is 10.4. The Morgan fingerprint density at radius 3 is 2.65 bits per heavy atom. The average molecular weight is 231 g/mol. The first kappa shape index (κ1) is 10.9. The van der Waals surface area contributed by atoms with Crippen LogP contribution in [0.15, 0.2) is 18.3 Å². The predicted octanol–water partition coefficient (Wildman–Crippen LogP) is 3.04. The van der Waals surface area contributed by atoms with Crippen LogP contribution in [0, 0.1) is 0 Å². The van der Waals surface area contributed by atoms with Crippen molar-refractivity contribution in [1.82, 2.24) is 4.98 Å². The number of rotatable bonds is 3. The molecule has 92 valence electrons. The average Bonchev–Trinajstić information content (AvgIpc) is 3.01. The Morgan fingerprint density at radius 1 is 1.12 bits per heavy atom. The van der Waals surface area contributed by atoms with Crippen molar-refractivity contribution in [3.05, 3.63) is 18.3 Å². The number of nitrogens with one attached hydrogen (secondary N) is 1. The molecule has 1 aromatic rings. The van der Waals surface area contributed by atoms with Crippen LogP contribution in [0.1, 0.15) is 38.5 Å². The topological polar surface area (TPSA) is 28.2 Å². The molecular weight excluding hydrogens is 210 g/mol. The van der Waals surface area contributed by atoms with Gasteiger partial charge in [0.05, 0.1) is 0 Å². The molecule has 1 saturated carbocycles. The molecule has 3 rings (SSSR count). The fourth-order valence-electron chi connectivity index (χ4n) is 2.95. The van der Waals surface area contributed by atoms with E-state index in [-0.39, 0.29) is 0 Å². The zero-order valence-electron chi connectivity index (χ0n) is 10.4. The van der Waals surface area contributed by atoms with Crippen molar-refractivity contribution in [2.75, 3.05) is 23.3 Å². The SMILES string of the molecule is c1cc(N2CCCC2)cc(NC2CCCC2)n1. The molecule has 0 aromatic carbocycles. The normalized spacial score (nSPS) is 21.1. The van der Waals surface area contributed by atoms with Crippen LogP contribution in [0.2, 0.25) is 0 Å². The van der Waals surface area contributed by atoms with Gasteiger partial charge < -0.3 is 10.2 Å². The van der Waals surface area contributed by atoms with Crippen LogP contribution in [-0.2, 0) is 0 Å². The molecule has 2 fully saturated rings. The predicted molar refractivity (Wildman–Crippen MR) is 71.6 cm³/mol. The third-order valence-electron chi connectivity index (χ3n) is 3.92. The van der Waals surface area contributed by atoms with Gasteiger partial charge >= 0.3 is 0 Å². The van der Waals surface area contributed by atoms with Crippen molar-refractivity contribution in [3.8, 4) is 0 Å². The monoisotopic (exact) mass is 231 g/mol. The lowest BCUT2D eigenvalue weighted by Crippen LogP contribution is -2.19. The van der Waals surface area contributed by atoms with Gasteiger partial charge in [0, 0.05) is 37.1 Å². The maximum atomic E-state index is 4.44. The number of anilines is 2. The quantitative estimate of drug-likeness (QED) is 0.866. The Kier molecular flexibility index (Phi) is 3.16. The minimum atomic E-state index is 0.649. The van der Waals surface area contributed by atoms with Crippen molar-refractivity contribution in [3.63, 3.8) is 0 Å². The van der Waals surface area contributed by atoms with Gasteiger partial charge in [-0.1, -0.05) is 12.8 Å². The lowest BCUT2D eigenvalue weighted by atomic mass is 10.2. The summed E-state index contributed by atoms with van der Waals surface area (Å²) in [5.41, 5.74) is 1.33. The van der Waals surface area contributed by atoms with Gasteiger partial charge in [-0.05, 0) is 31.7 Å². The van der Waals surface area contributed by atoms with Crippen molar-refractivity contribution >= 4 is 11.5 Å². The smallest absolute Gasteiger partial charge is 0.128 e. The van der Waals surface area contributed by atoms with Crippen molar-refractivity contribution in [1.29, 1.82) is 0 Å². The van der Waals surface area contributed by atoms with Crippen LogP contribution in [0.5, 0.6) is 0 Å². The molecule has 1 aliphatic heterocycles. The number of aromatic nitrogens is 1. The molecule has 1 aromatic heterocycles. The zero-order chi connectivity index (χ0) is 11.5. The number of pyridine rings is 1.